The predicted molar refractivity (Wildman–Crippen MR) is 130 cm³/mol. The molecule has 0 atom stereocenters. The highest BCUT2D eigenvalue weighted by Crippen LogP contribution is 2.34. The van der Waals surface area contributed by atoms with Gasteiger partial charge in [0.2, 0.25) is 0 Å². The molecule has 4 aromatic rings. The smallest absolute Gasteiger partial charge is 0.344 e. The molecule has 4 rings (SSSR count). The lowest BCUT2D eigenvalue weighted by Gasteiger charge is -2.12. The second-order valence-electron chi connectivity index (χ2n) is 7.92. The van der Waals surface area contributed by atoms with E-state index in [0.717, 1.165) is 11.1 Å². The quantitative estimate of drug-likeness (QED) is 0.227. The molecule has 0 aliphatic rings. The summed E-state index contributed by atoms with van der Waals surface area (Å²) in [5, 5.41) is 4.81. The Bertz CT molecular complexity index is 1400. The number of amides is 1. The minimum atomic E-state index is -1.09. The lowest BCUT2D eigenvalue weighted by atomic mass is 10.0. The van der Waals surface area contributed by atoms with Gasteiger partial charge in [0.15, 0.2) is 6.61 Å². The van der Waals surface area contributed by atoms with Crippen LogP contribution in [-0.2, 0) is 20.7 Å². The van der Waals surface area contributed by atoms with Crippen molar-refractivity contribution in [1.29, 1.82) is 0 Å². The highest BCUT2D eigenvalue weighted by molar-refractivity contribution is 6.44. The van der Waals surface area contributed by atoms with Crippen LogP contribution in [0, 0.1) is 6.92 Å². The van der Waals surface area contributed by atoms with Gasteiger partial charge in [-0.05, 0) is 25.0 Å². The van der Waals surface area contributed by atoms with Gasteiger partial charge in [-0.3, -0.25) is 9.59 Å². The van der Waals surface area contributed by atoms with Crippen LogP contribution in [0.25, 0.3) is 16.8 Å². The lowest BCUT2D eigenvalue weighted by Crippen LogP contribution is -2.24. The Labute approximate surface area is 202 Å². The summed E-state index contributed by atoms with van der Waals surface area (Å²) in [7, 11) is 0. The van der Waals surface area contributed by atoms with Crippen LogP contribution in [0.1, 0.15) is 34.1 Å². The number of nitrogens with two attached hydrogens (primary N) is 1. The van der Waals surface area contributed by atoms with Crippen molar-refractivity contribution in [3.63, 3.8) is 0 Å². The normalized spacial score (nSPS) is 10.8. The van der Waals surface area contributed by atoms with E-state index in [1.807, 2.05) is 60.7 Å². The third-order valence-corrected chi connectivity index (χ3v) is 5.61. The molecule has 2 aromatic carbocycles. The van der Waals surface area contributed by atoms with Crippen LogP contribution in [0.2, 0.25) is 0 Å². The van der Waals surface area contributed by atoms with E-state index in [9.17, 15) is 14.4 Å². The average Bonchev–Trinajstić information content (AvgIpc) is 3.14. The van der Waals surface area contributed by atoms with Gasteiger partial charge in [-0.2, -0.15) is 5.10 Å². The number of ether oxygens (including phenoxy) is 2. The summed E-state index contributed by atoms with van der Waals surface area (Å²) in [6.45, 7) is 3.29. The molecular formula is C27H25N3O5. The van der Waals surface area contributed by atoms with Crippen molar-refractivity contribution in [2.75, 3.05) is 13.2 Å². The third-order valence-electron chi connectivity index (χ3n) is 5.61. The molecule has 2 aromatic heterocycles. The second kappa shape index (κ2) is 10.2. The Morgan fingerprint density at radius 3 is 2.29 bits per heavy atom. The Morgan fingerprint density at radius 1 is 1.00 bits per heavy atom. The first-order chi connectivity index (χ1) is 16.9. The van der Waals surface area contributed by atoms with Gasteiger partial charge in [0.25, 0.3) is 11.7 Å². The molecule has 0 aliphatic heterocycles. The Morgan fingerprint density at radius 2 is 1.66 bits per heavy atom. The number of nitrogens with zero attached hydrogens (tertiary/aromatic N) is 2. The van der Waals surface area contributed by atoms with Gasteiger partial charge in [-0.25, -0.2) is 9.31 Å². The molecule has 1 amide bonds. The van der Waals surface area contributed by atoms with Crippen LogP contribution in [0.5, 0.6) is 5.75 Å². The van der Waals surface area contributed by atoms with Crippen LogP contribution in [-0.4, -0.2) is 40.5 Å². The zero-order valence-electron chi connectivity index (χ0n) is 19.5. The predicted octanol–water partition coefficient (Wildman–Crippen LogP) is 3.51. The van der Waals surface area contributed by atoms with Crippen LogP contribution >= 0.6 is 0 Å². The maximum Gasteiger partial charge on any atom is 0.344 e. The summed E-state index contributed by atoms with van der Waals surface area (Å²) in [6.07, 6.45) is 0.447. The Balaban J connectivity index is 1.98. The number of hydrogen-bond acceptors (Lipinski definition) is 6. The number of carbonyl (C=O) groups excluding carboxylic acids is 3. The minimum Gasteiger partial charge on any atom is -0.480 e. The first-order valence-corrected chi connectivity index (χ1v) is 11.2. The van der Waals surface area contributed by atoms with E-state index in [2.05, 4.69) is 0 Å². The fourth-order valence-electron chi connectivity index (χ4n) is 3.99. The van der Waals surface area contributed by atoms with Crippen molar-refractivity contribution in [3.8, 4) is 17.0 Å². The van der Waals surface area contributed by atoms with E-state index >= 15 is 0 Å². The van der Waals surface area contributed by atoms with Crippen LogP contribution in [0.15, 0.2) is 66.7 Å². The summed E-state index contributed by atoms with van der Waals surface area (Å²) in [4.78, 5) is 36.9. The van der Waals surface area contributed by atoms with E-state index in [1.54, 1.807) is 24.4 Å². The fourth-order valence-corrected chi connectivity index (χ4v) is 3.99. The number of primary amides is 1. The van der Waals surface area contributed by atoms with E-state index in [0.29, 0.717) is 23.4 Å². The molecule has 35 heavy (non-hydrogen) atoms. The zero-order chi connectivity index (χ0) is 24.9. The number of aromatic nitrogens is 2. The molecule has 0 aliphatic carbocycles. The summed E-state index contributed by atoms with van der Waals surface area (Å²) in [5.74, 6) is -2.27. The van der Waals surface area contributed by atoms with E-state index in [4.69, 9.17) is 20.3 Å². The SMILES string of the molecule is CCOC(=O)COc1cc(-c2ccccc2)nn2c(Cc3ccccc3)c(C)c(C(=O)C(N)=O)c12. The highest BCUT2D eigenvalue weighted by Gasteiger charge is 2.28. The van der Waals surface area contributed by atoms with Crippen molar-refractivity contribution in [1.82, 2.24) is 9.61 Å². The fraction of sp³-hybridized carbons (Fsp3) is 0.185. The topological polar surface area (TPSA) is 113 Å². The third kappa shape index (κ3) is 4.91. The number of Topliss-reactive ketones (excluding diaryl/α,β-unsaturated/α-hetero) is 1. The highest BCUT2D eigenvalue weighted by atomic mass is 16.6. The Hall–Kier alpha value is -4.46. The molecule has 0 saturated heterocycles. The van der Waals surface area contributed by atoms with Crippen LogP contribution in [0.4, 0.5) is 0 Å². The molecule has 0 bridgehead atoms. The van der Waals surface area contributed by atoms with Gasteiger partial charge in [0, 0.05) is 18.1 Å². The number of carbonyl (C=O) groups is 3. The van der Waals surface area contributed by atoms with Crippen molar-refractivity contribution in [2.24, 2.45) is 5.73 Å². The number of benzene rings is 2. The first kappa shape index (κ1) is 23.7. The summed E-state index contributed by atoms with van der Waals surface area (Å²) < 4.78 is 12.4. The minimum absolute atomic E-state index is 0.106. The number of esters is 1. The second-order valence-corrected chi connectivity index (χ2v) is 7.92. The maximum atomic E-state index is 12.9. The van der Waals surface area contributed by atoms with Gasteiger partial charge >= 0.3 is 5.97 Å². The molecule has 0 radical (unpaired) electrons. The average molecular weight is 472 g/mol. The maximum absolute atomic E-state index is 12.9. The summed E-state index contributed by atoms with van der Waals surface area (Å²) >= 11 is 0. The molecule has 8 heteroatoms. The monoisotopic (exact) mass is 471 g/mol. The van der Waals surface area contributed by atoms with E-state index in [1.165, 1.54) is 0 Å². The zero-order valence-corrected chi connectivity index (χ0v) is 19.5. The summed E-state index contributed by atoms with van der Waals surface area (Å²) in [6, 6.07) is 20.8. The number of rotatable bonds is 9. The molecular weight excluding hydrogens is 446 g/mol. The molecule has 2 heterocycles. The van der Waals surface area contributed by atoms with Gasteiger partial charge in [0.1, 0.15) is 11.3 Å². The molecule has 0 unspecified atom stereocenters. The molecule has 2 N–H and O–H groups in total. The van der Waals surface area contributed by atoms with Crippen molar-refractivity contribution < 1.29 is 23.9 Å². The number of ketones is 1. The molecule has 0 fully saturated rings. The van der Waals surface area contributed by atoms with Crippen LogP contribution < -0.4 is 10.5 Å². The molecule has 8 nitrogen and oxygen atoms in total. The van der Waals surface area contributed by atoms with Crippen molar-refractivity contribution in [2.45, 2.75) is 20.3 Å². The van der Waals surface area contributed by atoms with Gasteiger partial charge < -0.3 is 15.2 Å². The van der Waals surface area contributed by atoms with Gasteiger partial charge in [-0.15, -0.1) is 0 Å². The molecule has 0 saturated carbocycles. The van der Waals surface area contributed by atoms with Gasteiger partial charge in [0.05, 0.1) is 23.6 Å². The first-order valence-electron chi connectivity index (χ1n) is 11.2. The lowest BCUT2D eigenvalue weighted by molar-refractivity contribution is -0.145. The Kier molecular flexibility index (Phi) is 6.91. The standard InChI is InChI=1S/C27H25N3O5/c1-3-34-23(31)16-35-22-15-20(19-12-8-5-9-13-19)29-30-21(14-18-10-6-4-7-11-18)17(2)24(25(22)30)26(32)27(28)33/h4-13,15H,3,14,16H2,1-2H3,(H2,28,33). The summed E-state index contributed by atoms with van der Waals surface area (Å²) in [5.41, 5.74) is 9.42. The van der Waals surface area contributed by atoms with Crippen molar-refractivity contribution >= 4 is 23.2 Å². The largest absolute Gasteiger partial charge is 0.480 e. The number of hydrogen-bond donors (Lipinski definition) is 1. The van der Waals surface area contributed by atoms with E-state index < -0.39 is 17.7 Å². The van der Waals surface area contributed by atoms with Crippen LogP contribution in [0.3, 0.4) is 0 Å². The number of fused-ring (bicyclic) bond motifs is 1. The van der Waals surface area contributed by atoms with Gasteiger partial charge in [-0.1, -0.05) is 60.7 Å². The van der Waals surface area contributed by atoms with E-state index in [-0.39, 0.29) is 30.0 Å². The molecule has 178 valence electrons. The van der Waals surface area contributed by atoms with Crippen molar-refractivity contribution in [3.05, 3.63) is 89.1 Å². The molecule has 0 spiro atoms.